The Balaban J connectivity index is 2.47. The highest BCUT2D eigenvalue weighted by Gasteiger charge is 2.01. The van der Waals surface area contributed by atoms with Crippen LogP contribution < -0.4 is 10.1 Å². The second kappa shape index (κ2) is 10.8. The van der Waals surface area contributed by atoms with Gasteiger partial charge in [-0.15, -0.1) is 6.42 Å². The quantitative estimate of drug-likeness (QED) is 0.679. The molecule has 0 bridgehead atoms. The van der Waals surface area contributed by atoms with Crippen LogP contribution in [-0.2, 0) is 0 Å². The van der Waals surface area contributed by atoms with Crippen molar-refractivity contribution in [1.82, 2.24) is 5.32 Å². The summed E-state index contributed by atoms with van der Waals surface area (Å²) < 4.78 is 5.32. The largest absolute Gasteiger partial charge is 0.464 e. The average molecular weight is 297 g/mol. The van der Waals surface area contributed by atoms with E-state index in [0.717, 1.165) is 0 Å². The molecule has 0 atom stereocenters. The van der Waals surface area contributed by atoms with Crippen molar-refractivity contribution in [2.45, 2.75) is 0 Å². The predicted octanol–water partition coefficient (Wildman–Crippen LogP) is 1.59. The third-order valence-electron chi connectivity index (χ3n) is 2.22. The topological polar surface area (TPSA) is 38.3 Å². The third kappa shape index (κ3) is 7.40. The molecule has 1 aromatic carbocycles. The van der Waals surface area contributed by atoms with Crippen LogP contribution in [0.5, 0.6) is 5.75 Å². The van der Waals surface area contributed by atoms with Crippen LogP contribution in [0.3, 0.4) is 0 Å². The molecular formula is C20H11NO2. The maximum atomic E-state index is 11.4. The molecule has 0 aliphatic heterocycles. The third-order valence-corrected chi connectivity index (χ3v) is 2.22. The first kappa shape index (κ1) is 17.1. The highest BCUT2D eigenvalue weighted by molar-refractivity contribution is 5.94. The first-order chi connectivity index (χ1) is 11.3. The monoisotopic (exact) mass is 297 g/mol. The number of hydrogen-bond donors (Lipinski definition) is 1. The van der Waals surface area contributed by atoms with Crippen LogP contribution in [0.1, 0.15) is 10.4 Å². The standard InChI is InChI=1S/C20H11NO2/c1-3-4-5-6-7-8-9-10-11-12-17-23-19-15-13-18(14-16-19)20(22)21-2/h1,12-17H,2H3,(H,21,22). The molecule has 0 saturated carbocycles. The maximum Gasteiger partial charge on any atom is 0.251 e. The van der Waals surface area contributed by atoms with Gasteiger partial charge in [0.1, 0.15) is 5.75 Å². The predicted molar refractivity (Wildman–Crippen MR) is 89.5 cm³/mol. The van der Waals surface area contributed by atoms with Gasteiger partial charge in [-0.3, -0.25) is 4.79 Å². The molecule has 0 saturated heterocycles. The average Bonchev–Trinajstić information content (AvgIpc) is 2.59. The molecule has 1 N–H and O–H groups in total. The van der Waals surface area contributed by atoms with Gasteiger partial charge in [-0.1, -0.05) is 5.92 Å². The minimum absolute atomic E-state index is 0.148. The number of carbonyl (C=O) groups is 1. The number of benzene rings is 1. The zero-order valence-corrected chi connectivity index (χ0v) is 12.4. The number of terminal acetylenes is 1. The van der Waals surface area contributed by atoms with E-state index in [2.05, 4.69) is 58.6 Å². The van der Waals surface area contributed by atoms with Crippen LogP contribution in [0, 0.1) is 59.7 Å². The lowest BCUT2D eigenvalue weighted by atomic mass is 10.2. The Hall–Kier alpha value is -3.97. The summed E-state index contributed by atoms with van der Waals surface area (Å²) in [6, 6.07) is 6.71. The van der Waals surface area contributed by atoms with Crippen LogP contribution in [0.15, 0.2) is 36.6 Å². The van der Waals surface area contributed by atoms with E-state index in [1.165, 1.54) is 12.3 Å². The zero-order valence-electron chi connectivity index (χ0n) is 12.4. The highest BCUT2D eigenvalue weighted by Crippen LogP contribution is 2.12. The fourth-order valence-corrected chi connectivity index (χ4v) is 1.25. The molecule has 3 heteroatoms. The number of hydrogen-bond acceptors (Lipinski definition) is 2. The van der Waals surface area contributed by atoms with Crippen molar-refractivity contribution in [2.24, 2.45) is 0 Å². The van der Waals surface area contributed by atoms with Crippen molar-refractivity contribution in [3.63, 3.8) is 0 Å². The molecule has 1 rings (SSSR count). The Morgan fingerprint density at radius 2 is 1.65 bits per heavy atom. The molecule has 0 aliphatic rings. The Morgan fingerprint density at radius 3 is 2.26 bits per heavy atom. The van der Waals surface area contributed by atoms with Crippen molar-refractivity contribution in [1.29, 1.82) is 0 Å². The van der Waals surface area contributed by atoms with Crippen LogP contribution >= 0.6 is 0 Å². The summed E-state index contributed by atoms with van der Waals surface area (Å²) in [5.41, 5.74) is 0.562. The van der Waals surface area contributed by atoms with Gasteiger partial charge < -0.3 is 10.1 Å². The lowest BCUT2D eigenvalue weighted by molar-refractivity contribution is 0.0963. The van der Waals surface area contributed by atoms with Gasteiger partial charge in [0.2, 0.25) is 0 Å². The van der Waals surface area contributed by atoms with Crippen molar-refractivity contribution in [3.8, 4) is 65.5 Å². The Labute approximate surface area is 136 Å². The number of nitrogens with one attached hydrogen (secondary N) is 1. The van der Waals surface area contributed by atoms with Crippen LogP contribution in [0.25, 0.3) is 0 Å². The molecule has 3 nitrogen and oxygen atoms in total. The van der Waals surface area contributed by atoms with E-state index in [1.54, 1.807) is 31.3 Å². The van der Waals surface area contributed by atoms with Gasteiger partial charge in [-0.2, -0.15) is 0 Å². The van der Waals surface area contributed by atoms with Gasteiger partial charge in [-0.05, 0) is 71.6 Å². The fourth-order valence-electron chi connectivity index (χ4n) is 1.25. The Bertz CT molecular complexity index is 869. The first-order valence-corrected chi connectivity index (χ1v) is 6.38. The maximum absolute atomic E-state index is 11.4. The van der Waals surface area contributed by atoms with Gasteiger partial charge >= 0.3 is 0 Å². The van der Waals surface area contributed by atoms with E-state index in [0.29, 0.717) is 11.3 Å². The molecule has 23 heavy (non-hydrogen) atoms. The van der Waals surface area contributed by atoms with Crippen molar-refractivity contribution >= 4 is 5.91 Å². The van der Waals surface area contributed by atoms with Gasteiger partial charge in [0, 0.05) is 18.7 Å². The number of carbonyl (C=O) groups excluding carboxylic acids is 1. The number of ether oxygens (including phenoxy) is 1. The van der Waals surface area contributed by atoms with E-state index < -0.39 is 0 Å². The zero-order chi connectivity index (χ0) is 16.8. The Morgan fingerprint density at radius 1 is 1.04 bits per heavy atom. The molecule has 1 aromatic rings. The van der Waals surface area contributed by atoms with Gasteiger partial charge in [-0.25, -0.2) is 0 Å². The summed E-state index contributed by atoms with van der Waals surface area (Å²) in [5, 5.41) is 2.54. The summed E-state index contributed by atoms with van der Waals surface area (Å²) in [7, 11) is 1.58. The van der Waals surface area contributed by atoms with E-state index in [-0.39, 0.29) is 5.91 Å². The second-order valence-electron chi connectivity index (χ2n) is 3.69. The summed E-state index contributed by atoms with van der Waals surface area (Å²) >= 11 is 0. The van der Waals surface area contributed by atoms with Crippen LogP contribution in [0.2, 0.25) is 0 Å². The molecule has 0 unspecified atom stereocenters. The molecule has 0 aromatic heterocycles. The number of rotatable bonds is 3. The van der Waals surface area contributed by atoms with E-state index in [1.807, 2.05) is 0 Å². The highest BCUT2D eigenvalue weighted by atomic mass is 16.5. The van der Waals surface area contributed by atoms with Crippen LogP contribution in [-0.4, -0.2) is 13.0 Å². The summed E-state index contributed by atoms with van der Waals surface area (Å²) in [6.45, 7) is 0. The van der Waals surface area contributed by atoms with Gasteiger partial charge in [0.05, 0.1) is 6.26 Å². The lowest BCUT2D eigenvalue weighted by Crippen LogP contribution is -2.17. The van der Waals surface area contributed by atoms with E-state index in [4.69, 9.17) is 11.2 Å². The molecule has 0 fully saturated rings. The van der Waals surface area contributed by atoms with Crippen molar-refractivity contribution in [3.05, 3.63) is 42.2 Å². The molecule has 108 valence electrons. The second-order valence-corrected chi connectivity index (χ2v) is 3.69. The fraction of sp³-hybridized carbons (Fsp3) is 0.0500. The van der Waals surface area contributed by atoms with Gasteiger partial charge in [0.15, 0.2) is 0 Å². The molecule has 0 aliphatic carbocycles. The molecule has 1 amide bonds. The lowest BCUT2D eigenvalue weighted by Gasteiger charge is -2.01. The molecule has 0 heterocycles. The molecule has 0 spiro atoms. The van der Waals surface area contributed by atoms with Gasteiger partial charge in [0.25, 0.3) is 5.91 Å². The number of allylic oxidation sites excluding steroid dienone is 1. The summed E-state index contributed by atoms with van der Waals surface area (Å²) in [6.07, 6.45) is 7.85. The smallest absolute Gasteiger partial charge is 0.251 e. The summed E-state index contributed by atoms with van der Waals surface area (Å²) in [5.74, 6) is 22.6. The summed E-state index contributed by atoms with van der Waals surface area (Å²) in [4.78, 5) is 11.4. The minimum atomic E-state index is -0.148. The minimum Gasteiger partial charge on any atom is -0.464 e. The van der Waals surface area contributed by atoms with Crippen molar-refractivity contribution in [2.75, 3.05) is 7.05 Å². The molecule has 0 radical (unpaired) electrons. The Kier molecular flexibility index (Phi) is 8.00. The van der Waals surface area contributed by atoms with Crippen molar-refractivity contribution < 1.29 is 9.53 Å². The molecular weight excluding hydrogens is 286 g/mol. The van der Waals surface area contributed by atoms with E-state index in [9.17, 15) is 4.79 Å². The van der Waals surface area contributed by atoms with E-state index >= 15 is 0 Å². The first-order valence-electron chi connectivity index (χ1n) is 6.38. The number of amides is 1. The van der Waals surface area contributed by atoms with Crippen LogP contribution in [0.4, 0.5) is 0 Å². The normalized spacial score (nSPS) is 7.65. The SMILES string of the molecule is C#CC#CC#CC#CC#CC=COc1ccc(C(=O)NC)cc1.